The highest BCUT2D eigenvalue weighted by Crippen LogP contribution is 2.41. The van der Waals surface area contributed by atoms with E-state index in [0.717, 1.165) is 0 Å². The molecule has 1 atom stereocenters. The predicted molar refractivity (Wildman–Crippen MR) is 164 cm³/mol. The molecule has 4 rings (SSSR count). The van der Waals surface area contributed by atoms with Gasteiger partial charge in [-0.1, -0.05) is 27.3 Å². The molecular formula is C29H28Br2N2O8S. The lowest BCUT2D eigenvalue weighted by Crippen LogP contribution is -2.40. The number of fused-ring (bicyclic) bond motifs is 1. The summed E-state index contributed by atoms with van der Waals surface area (Å²) in [6, 6.07) is 5.98. The van der Waals surface area contributed by atoms with Crippen molar-refractivity contribution in [2.45, 2.75) is 33.7 Å². The summed E-state index contributed by atoms with van der Waals surface area (Å²) in [6.45, 7) is 7.03. The average Bonchev–Trinajstić information content (AvgIpc) is 3.23. The molecule has 0 amide bonds. The van der Waals surface area contributed by atoms with E-state index in [1.54, 1.807) is 44.2 Å². The van der Waals surface area contributed by atoms with Gasteiger partial charge in [0, 0.05) is 11.4 Å². The summed E-state index contributed by atoms with van der Waals surface area (Å²) < 4.78 is 30.3. The maximum Gasteiger partial charge on any atom is 0.338 e. The highest BCUT2D eigenvalue weighted by atomic mass is 79.9. The lowest BCUT2D eigenvalue weighted by atomic mass is 9.95. The Morgan fingerprint density at radius 3 is 2.33 bits per heavy atom. The van der Waals surface area contributed by atoms with E-state index < -0.39 is 18.0 Å². The van der Waals surface area contributed by atoms with E-state index in [-0.39, 0.29) is 23.5 Å². The normalized spacial score (nSPS) is 14.7. The van der Waals surface area contributed by atoms with Crippen molar-refractivity contribution >= 4 is 61.2 Å². The number of halogens is 2. The Bertz CT molecular complexity index is 1780. The maximum absolute atomic E-state index is 14.1. The van der Waals surface area contributed by atoms with Crippen molar-refractivity contribution < 1.29 is 33.3 Å². The van der Waals surface area contributed by atoms with E-state index >= 15 is 0 Å². The van der Waals surface area contributed by atoms with Crippen molar-refractivity contribution in [2.75, 3.05) is 27.4 Å². The van der Waals surface area contributed by atoms with Gasteiger partial charge in [0.15, 0.2) is 27.8 Å². The van der Waals surface area contributed by atoms with Crippen molar-refractivity contribution in [2.24, 2.45) is 4.99 Å². The summed E-state index contributed by atoms with van der Waals surface area (Å²) in [5.41, 5.74) is 1.51. The van der Waals surface area contributed by atoms with Crippen LogP contribution in [0.3, 0.4) is 0 Å². The number of esters is 2. The second-order valence-electron chi connectivity index (χ2n) is 8.89. The van der Waals surface area contributed by atoms with E-state index in [4.69, 9.17) is 23.7 Å². The van der Waals surface area contributed by atoms with Gasteiger partial charge in [0.2, 0.25) is 0 Å². The van der Waals surface area contributed by atoms with Gasteiger partial charge in [0.25, 0.3) is 5.56 Å². The SMILES string of the molecule is CCOC(=O)C1=C(C)N=c2s/c(=C\c3cc(Br)c(OC(C)=O)c(OCC)c3)c(=O)n2[C@@H]1c1cc(OC)c(OC)cc1Br. The number of hydrogen-bond donors (Lipinski definition) is 0. The van der Waals surface area contributed by atoms with E-state index in [2.05, 4.69) is 36.9 Å². The number of carbonyl (C=O) groups excluding carboxylic acids is 2. The number of thiazole rings is 1. The van der Waals surface area contributed by atoms with Crippen LogP contribution in [0.15, 0.2) is 54.3 Å². The number of nitrogens with zero attached hydrogens (tertiary/aromatic N) is 2. The molecule has 0 saturated heterocycles. The zero-order chi connectivity index (χ0) is 30.7. The quantitative estimate of drug-likeness (QED) is 0.231. The minimum Gasteiger partial charge on any atom is -0.493 e. The van der Waals surface area contributed by atoms with Crippen molar-refractivity contribution in [1.82, 2.24) is 4.57 Å². The molecule has 13 heteroatoms. The molecule has 1 aliphatic rings. The molecule has 0 fully saturated rings. The Hall–Kier alpha value is -3.42. The summed E-state index contributed by atoms with van der Waals surface area (Å²) in [5, 5.41) is 0. The van der Waals surface area contributed by atoms with Crippen LogP contribution in [-0.4, -0.2) is 43.9 Å². The van der Waals surface area contributed by atoms with Crippen LogP contribution in [0.25, 0.3) is 6.08 Å². The second kappa shape index (κ2) is 13.3. The molecule has 2 aromatic carbocycles. The van der Waals surface area contributed by atoms with Gasteiger partial charge >= 0.3 is 11.9 Å². The number of methoxy groups -OCH3 is 2. The van der Waals surface area contributed by atoms with Gasteiger partial charge in [-0.15, -0.1) is 0 Å². The zero-order valence-corrected chi connectivity index (χ0v) is 27.7. The Labute approximate surface area is 262 Å². The van der Waals surface area contributed by atoms with Gasteiger partial charge in [-0.3, -0.25) is 14.2 Å². The van der Waals surface area contributed by atoms with E-state index in [9.17, 15) is 14.4 Å². The van der Waals surface area contributed by atoms with E-state index in [1.165, 1.54) is 37.0 Å². The smallest absolute Gasteiger partial charge is 0.338 e. The average molecular weight is 724 g/mol. The Morgan fingerprint density at radius 2 is 1.71 bits per heavy atom. The monoisotopic (exact) mass is 722 g/mol. The molecule has 0 bridgehead atoms. The molecule has 0 aliphatic carbocycles. The number of benzene rings is 2. The Balaban J connectivity index is 1.98. The Morgan fingerprint density at radius 1 is 1.02 bits per heavy atom. The van der Waals surface area contributed by atoms with Crippen LogP contribution in [-0.2, 0) is 14.3 Å². The molecule has 0 saturated carbocycles. The first-order valence-corrected chi connectivity index (χ1v) is 15.2. The zero-order valence-electron chi connectivity index (χ0n) is 23.7. The minimum absolute atomic E-state index is 0.153. The molecule has 0 N–H and O–H groups in total. The van der Waals surface area contributed by atoms with Gasteiger partial charge in [-0.05, 0) is 78.2 Å². The maximum atomic E-state index is 14.1. The van der Waals surface area contributed by atoms with Crippen LogP contribution < -0.4 is 33.8 Å². The van der Waals surface area contributed by atoms with Crippen LogP contribution in [0.5, 0.6) is 23.0 Å². The third-order valence-electron chi connectivity index (χ3n) is 6.19. The fourth-order valence-electron chi connectivity index (χ4n) is 4.49. The lowest BCUT2D eigenvalue weighted by molar-refractivity contribution is -0.139. The number of aromatic nitrogens is 1. The number of allylic oxidation sites excluding steroid dienone is 1. The fraction of sp³-hybridized carbons (Fsp3) is 0.310. The van der Waals surface area contributed by atoms with Crippen LogP contribution in [0, 0.1) is 0 Å². The number of carbonyl (C=O) groups is 2. The van der Waals surface area contributed by atoms with Crippen LogP contribution in [0.1, 0.15) is 44.9 Å². The third kappa shape index (κ3) is 6.18. The van der Waals surface area contributed by atoms with Crippen LogP contribution in [0.2, 0.25) is 0 Å². The fourth-order valence-corrected chi connectivity index (χ4v) is 6.62. The van der Waals surface area contributed by atoms with E-state index in [1.807, 2.05) is 6.92 Å². The molecule has 0 spiro atoms. The second-order valence-corrected chi connectivity index (χ2v) is 11.6. The Kier molecular flexibility index (Phi) is 9.95. The van der Waals surface area contributed by atoms with Crippen molar-refractivity contribution in [1.29, 1.82) is 0 Å². The lowest BCUT2D eigenvalue weighted by Gasteiger charge is -2.26. The first-order chi connectivity index (χ1) is 20.0. The summed E-state index contributed by atoms with van der Waals surface area (Å²) >= 11 is 8.22. The molecule has 42 heavy (non-hydrogen) atoms. The molecule has 0 radical (unpaired) electrons. The molecule has 222 valence electrons. The molecule has 0 unspecified atom stereocenters. The van der Waals surface area contributed by atoms with Crippen molar-refractivity contribution in [3.63, 3.8) is 0 Å². The molecule has 3 aromatic rings. The first-order valence-electron chi connectivity index (χ1n) is 12.8. The van der Waals surface area contributed by atoms with Crippen molar-refractivity contribution in [3.05, 3.63) is 75.3 Å². The molecule has 10 nitrogen and oxygen atoms in total. The predicted octanol–water partition coefficient (Wildman–Crippen LogP) is 4.66. The van der Waals surface area contributed by atoms with Gasteiger partial charge in [0.1, 0.15) is 0 Å². The number of ether oxygens (including phenoxy) is 5. The van der Waals surface area contributed by atoms with Crippen molar-refractivity contribution in [3.8, 4) is 23.0 Å². The molecule has 1 aliphatic heterocycles. The van der Waals surface area contributed by atoms with Gasteiger partial charge < -0.3 is 23.7 Å². The first kappa shape index (κ1) is 31.5. The third-order valence-corrected chi connectivity index (χ3v) is 8.45. The standard InChI is InChI=1S/C29H28Br2N2O8S/c1-7-39-22-10-16(9-19(31)26(22)41-15(4)34)11-23-27(35)33-25(17-12-20(37-5)21(38-6)13-18(17)30)24(28(36)40-8-2)14(3)32-29(33)42-23/h9-13,25H,7-8H2,1-6H3/b23-11-/t25-/m1/s1. The highest BCUT2D eigenvalue weighted by molar-refractivity contribution is 9.10. The van der Waals surface area contributed by atoms with Gasteiger partial charge in [-0.2, -0.15) is 0 Å². The summed E-state index contributed by atoms with van der Waals surface area (Å²) in [7, 11) is 3.03. The van der Waals surface area contributed by atoms with Gasteiger partial charge in [0.05, 0.1) is 53.8 Å². The summed E-state index contributed by atoms with van der Waals surface area (Å²) in [4.78, 5) is 44.0. The minimum atomic E-state index is -0.867. The van der Waals surface area contributed by atoms with E-state index in [0.29, 0.717) is 59.0 Å². The topological polar surface area (TPSA) is 115 Å². The highest BCUT2D eigenvalue weighted by Gasteiger charge is 2.35. The molecule has 2 heterocycles. The molecule has 1 aromatic heterocycles. The number of rotatable bonds is 9. The molecular weight excluding hydrogens is 696 g/mol. The van der Waals surface area contributed by atoms with Crippen LogP contribution >= 0.6 is 43.2 Å². The largest absolute Gasteiger partial charge is 0.493 e. The number of hydrogen-bond acceptors (Lipinski definition) is 10. The summed E-state index contributed by atoms with van der Waals surface area (Å²) in [6.07, 6.45) is 1.69. The van der Waals surface area contributed by atoms with Gasteiger partial charge in [-0.25, -0.2) is 9.79 Å². The summed E-state index contributed by atoms with van der Waals surface area (Å²) in [5.74, 6) is 0.422. The van der Waals surface area contributed by atoms with Crippen LogP contribution in [0.4, 0.5) is 0 Å².